The molecular weight excluding hydrogens is 310 g/mol. The monoisotopic (exact) mass is 329 g/mol. The lowest BCUT2D eigenvalue weighted by Gasteiger charge is -2.25. The van der Waals surface area contributed by atoms with Crippen LogP contribution in [0.5, 0.6) is 11.5 Å². The summed E-state index contributed by atoms with van der Waals surface area (Å²) < 4.78 is 18.7. The van der Waals surface area contributed by atoms with E-state index in [1.54, 1.807) is 6.07 Å². The van der Waals surface area contributed by atoms with E-state index in [4.69, 9.17) is 14.2 Å². The number of hydrogen-bond acceptors (Lipinski definition) is 5. The Morgan fingerprint density at radius 3 is 3.08 bits per heavy atom. The average molecular weight is 329 g/mol. The maximum Gasteiger partial charge on any atom is 0.265 e. The highest BCUT2D eigenvalue weighted by atomic mass is 16.6. The molecule has 0 radical (unpaired) electrons. The quantitative estimate of drug-likeness (QED) is 0.907. The topological polar surface area (TPSA) is 74.6 Å². The maximum absolute atomic E-state index is 12.4. The Balaban J connectivity index is 1.41. The molecule has 1 atom stereocenters. The van der Waals surface area contributed by atoms with Gasteiger partial charge >= 0.3 is 0 Å². The van der Waals surface area contributed by atoms with Crippen molar-refractivity contribution in [1.29, 1.82) is 0 Å². The molecular formula is C17H19N3O4. The zero-order chi connectivity index (χ0) is 16.5. The second-order valence-corrected chi connectivity index (χ2v) is 5.88. The highest BCUT2D eigenvalue weighted by Crippen LogP contribution is 2.30. The minimum absolute atomic E-state index is 0.201. The second-order valence-electron chi connectivity index (χ2n) is 5.88. The molecule has 7 heteroatoms. The van der Waals surface area contributed by atoms with Gasteiger partial charge in [-0.15, -0.1) is 0 Å². The molecule has 2 aliphatic heterocycles. The maximum atomic E-state index is 12.4. The minimum atomic E-state index is -0.657. The summed E-state index contributed by atoms with van der Waals surface area (Å²) in [5, 5.41) is 7.38. The zero-order valence-corrected chi connectivity index (χ0v) is 13.4. The summed E-state index contributed by atoms with van der Waals surface area (Å²) in [4.78, 5) is 12.4. The molecule has 3 heterocycles. The molecule has 2 aromatic rings. The number of fused-ring (bicyclic) bond motifs is 2. The number of benzene rings is 1. The van der Waals surface area contributed by atoms with Gasteiger partial charge in [0, 0.05) is 24.7 Å². The summed E-state index contributed by atoms with van der Waals surface area (Å²) in [6, 6.07) is 7.34. The third kappa shape index (κ3) is 2.71. The van der Waals surface area contributed by atoms with Crippen LogP contribution in [-0.4, -0.2) is 35.0 Å². The van der Waals surface area contributed by atoms with Gasteiger partial charge in [-0.2, -0.15) is 5.10 Å². The molecule has 7 nitrogen and oxygen atoms in total. The Morgan fingerprint density at radius 2 is 2.21 bits per heavy atom. The molecule has 126 valence electrons. The highest BCUT2D eigenvalue weighted by molar-refractivity contribution is 5.81. The Bertz CT molecular complexity index is 771. The molecule has 0 aliphatic carbocycles. The second kappa shape index (κ2) is 6.16. The Hall–Kier alpha value is -2.54. The lowest BCUT2D eigenvalue weighted by Crippen LogP contribution is -2.43. The highest BCUT2D eigenvalue weighted by Gasteiger charge is 2.28. The molecule has 1 aromatic heterocycles. The predicted molar refractivity (Wildman–Crippen MR) is 84.8 cm³/mol. The fourth-order valence-electron chi connectivity index (χ4n) is 3.06. The number of nitrogens with zero attached hydrogens (tertiary/aromatic N) is 2. The van der Waals surface area contributed by atoms with E-state index in [0.717, 1.165) is 17.7 Å². The van der Waals surface area contributed by atoms with Crippen molar-refractivity contribution in [3.8, 4) is 11.5 Å². The molecule has 0 saturated heterocycles. The summed E-state index contributed by atoms with van der Waals surface area (Å²) in [6.07, 6.45) is 0.194. The number of hydrogen-bond donors (Lipinski definition) is 1. The number of carbonyl (C=O) groups is 1. The SMILES string of the molecule is Cn1nc(CNC(=O)[C@@H]2COc3ccccc3O2)c2c1CCOC2. The van der Waals surface area contributed by atoms with Gasteiger partial charge in [0.1, 0.15) is 6.61 Å². The molecule has 4 rings (SSSR count). The molecule has 0 saturated carbocycles. The largest absolute Gasteiger partial charge is 0.485 e. The van der Waals surface area contributed by atoms with Crippen molar-refractivity contribution < 1.29 is 19.0 Å². The first-order chi connectivity index (χ1) is 11.7. The first kappa shape index (κ1) is 15.0. The van der Waals surface area contributed by atoms with Gasteiger partial charge < -0.3 is 19.5 Å². The first-order valence-electron chi connectivity index (χ1n) is 8.00. The van der Waals surface area contributed by atoms with E-state index in [0.29, 0.717) is 31.3 Å². The van der Waals surface area contributed by atoms with E-state index < -0.39 is 6.10 Å². The van der Waals surface area contributed by atoms with Gasteiger partial charge in [0.15, 0.2) is 11.5 Å². The van der Waals surface area contributed by atoms with E-state index in [2.05, 4.69) is 10.4 Å². The van der Waals surface area contributed by atoms with Crippen molar-refractivity contribution >= 4 is 5.91 Å². The molecule has 1 amide bonds. The van der Waals surface area contributed by atoms with E-state index >= 15 is 0 Å². The van der Waals surface area contributed by atoms with Crippen molar-refractivity contribution in [3.05, 3.63) is 41.2 Å². The van der Waals surface area contributed by atoms with Crippen LogP contribution in [0.3, 0.4) is 0 Å². The van der Waals surface area contributed by atoms with Gasteiger partial charge in [0.2, 0.25) is 6.10 Å². The summed E-state index contributed by atoms with van der Waals surface area (Å²) >= 11 is 0. The smallest absolute Gasteiger partial charge is 0.265 e. The third-order valence-corrected chi connectivity index (χ3v) is 4.32. The van der Waals surface area contributed by atoms with Gasteiger partial charge in [-0.05, 0) is 12.1 Å². The van der Waals surface area contributed by atoms with Crippen molar-refractivity contribution in [2.75, 3.05) is 13.2 Å². The standard InChI is InChI=1S/C17H19N3O4/c1-20-13-6-7-22-9-11(13)12(19-20)8-18-17(21)16-10-23-14-4-2-3-5-15(14)24-16/h2-5,16H,6-10H2,1H3,(H,18,21)/t16-/m0/s1. The Morgan fingerprint density at radius 1 is 1.38 bits per heavy atom. The van der Waals surface area contributed by atoms with Crippen LogP contribution in [0.25, 0.3) is 0 Å². The summed E-state index contributed by atoms with van der Waals surface area (Å²) in [6.45, 7) is 1.81. The number of rotatable bonds is 3. The molecule has 1 aromatic carbocycles. The normalized spacial score (nSPS) is 18.8. The summed E-state index contributed by atoms with van der Waals surface area (Å²) in [5.41, 5.74) is 3.10. The van der Waals surface area contributed by atoms with E-state index in [1.807, 2.05) is 29.9 Å². The molecule has 0 fully saturated rings. The van der Waals surface area contributed by atoms with Crippen LogP contribution in [0.15, 0.2) is 24.3 Å². The predicted octanol–water partition coefficient (Wildman–Crippen LogP) is 0.949. The van der Waals surface area contributed by atoms with E-state index in [9.17, 15) is 4.79 Å². The number of amides is 1. The number of ether oxygens (including phenoxy) is 3. The first-order valence-corrected chi connectivity index (χ1v) is 8.00. The van der Waals surface area contributed by atoms with Crippen LogP contribution in [0.1, 0.15) is 17.0 Å². The number of para-hydroxylation sites is 2. The lowest BCUT2D eigenvalue weighted by atomic mass is 10.1. The Kier molecular flexibility index (Phi) is 3.86. The van der Waals surface area contributed by atoms with Crippen LogP contribution >= 0.6 is 0 Å². The molecule has 1 N–H and O–H groups in total. The van der Waals surface area contributed by atoms with Crippen LogP contribution in [0, 0.1) is 0 Å². The number of carbonyl (C=O) groups excluding carboxylic acids is 1. The molecule has 0 bridgehead atoms. The van der Waals surface area contributed by atoms with Crippen LogP contribution in [0.4, 0.5) is 0 Å². The van der Waals surface area contributed by atoms with Crippen LogP contribution < -0.4 is 14.8 Å². The number of nitrogens with one attached hydrogen (secondary N) is 1. The molecule has 0 spiro atoms. The van der Waals surface area contributed by atoms with Crippen LogP contribution in [-0.2, 0) is 36.2 Å². The molecule has 24 heavy (non-hydrogen) atoms. The average Bonchev–Trinajstić information content (AvgIpc) is 2.95. The number of aromatic nitrogens is 2. The van der Waals surface area contributed by atoms with Crippen molar-refractivity contribution in [1.82, 2.24) is 15.1 Å². The number of aryl methyl sites for hydroxylation is 1. The summed E-state index contributed by atoms with van der Waals surface area (Å²) in [5.74, 6) is 1.05. The van der Waals surface area contributed by atoms with Crippen molar-refractivity contribution in [3.63, 3.8) is 0 Å². The van der Waals surface area contributed by atoms with Crippen LogP contribution in [0.2, 0.25) is 0 Å². The van der Waals surface area contributed by atoms with Gasteiger partial charge in [-0.1, -0.05) is 12.1 Å². The fraction of sp³-hybridized carbons (Fsp3) is 0.412. The lowest BCUT2D eigenvalue weighted by molar-refractivity contribution is -0.130. The molecule has 2 aliphatic rings. The fourth-order valence-corrected chi connectivity index (χ4v) is 3.06. The van der Waals surface area contributed by atoms with Crippen molar-refractivity contribution in [2.24, 2.45) is 7.05 Å². The zero-order valence-electron chi connectivity index (χ0n) is 13.4. The van der Waals surface area contributed by atoms with Gasteiger partial charge in [0.05, 0.1) is 25.5 Å². The van der Waals surface area contributed by atoms with Gasteiger partial charge in [-0.3, -0.25) is 9.48 Å². The van der Waals surface area contributed by atoms with E-state index in [1.165, 1.54) is 5.69 Å². The van der Waals surface area contributed by atoms with Gasteiger partial charge in [-0.25, -0.2) is 0 Å². The Labute approximate surface area is 139 Å². The summed E-state index contributed by atoms with van der Waals surface area (Å²) in [7, 11) is 1.92. The van der Waals surface area contributed by atoms with Crippen molar-refractivity contribution in [2.45, 2.75) is 25.7 Å². The molecule has 0 unspecified atom stereocenters. The van der Waals surface area contributed by atoms with E-state index in [-0.39, 0.29) is 12.5 Å². The van der Waals surface area contributed by atoms with Gasteiger partial charge in [0.25, 0.3) is 5.91 Å². The third-order valence-electron chi connectivity index (χ3n) is 4.32. The minimum Gasteiger partial charge on any atom is -0.485 e.